The summed E-state index contributed by atoms with van der Waals surface area (Å²) in [4.78, 5) is 4.83. The van der Waals surface area contributed by atoms with Gasteiger partial charge in [-0.15, -0.1) is 0 Å². The molecule has 4 rings (SSSR count). The Balaban J connectivity index is 1.50. The van der Waals surface area contributed by atoms with Gasteiger partial charge in [0, 0.05) is 17.1 Å². The molecule has 0 atom stereocenters. The maximum Gasteiger partial charge on any atom is 0.141 e. The average molecular weight is 393 g/mol. The van der Waals surface area contributed by atoms with Gasteiger partial charge < -0.3 is 14.0 Å². The van der Waals surface area contributed by atoms with E-state index in [1.807, 2.05) is 66.7 Å². The predicted octanol–water partition coefficient (Wildman–Crippen LogP) is 5.83. The molecule has 0 aliphatic carbocycles. The molecule has 0 N–H and O–H groups in total. The van der Waals surface area contributed by atoms with E-state index in [0.717, 1.165) is 51.9 Å². The third-order valence-electron chi connectivity index (χ3n) is 4.61. The van der Waals surface area contributed by atoms with E-state index in [1.54, 1.807) is 7.11 Å². The van der Waals surface area contributed by atoms with E-state index in [1.165, 1.54) is 0 Å². The van der Waals surface area contributed by atoms with Crippen LogP contribution in [0.1, 0.15) is 6.42 Å². The lowest BCUT2D eigenvalue weighted by Gasteiger charge is -2.11. The second-order valence-electron chi connectivity index (χ2n) is 6.46. The number of hydrogen-bond acceptors (Lipinski definition) is 3. The van der Waals surface area contributed by atoms with E-state index in [0.29, 0.717) is 6.61 Å². The first kappa shape index (κ1) is 18.4. The number of para-hydroxylation sites is 2. The largest absolute Gasteiger partial charge is 0.497 e. The van der Waals surface area contributed by atoms with Crippen molar-refractivity contribution in [3.63, 3.8) is 0 Å². The minimum atomic E-state index is 0.624. The molecule has 0 spiro atoms. The summed E-state index contributed by atoms with van der Waals surface area (Å²) >= 11 is 6.05. The fraction of sp³-hybridized carbons (Fsp3) is 0.174. The van der Waals surface area contributed by atoms with Crippen LogP contribution < -0.4 is 9.47 Å². The SMILES string of the molecule is COc1ccc(OCCCn2c(-c3ccc(Cl)cc3)nc3ccccc32)cc1. The Bertz CT molecular complexity index is 1060. The van der Waals surface area contributed by atoms with Crippen LogP contribution in [-0.2, 0) is 6.54 Å². The number of methoxy groups -OCH3 is 1. The van der Waals surface area contributed by atoms with Crippen LogP contribution in [0.25, 0.3) is 22.4 Å². The van der Waals surface area contributed by atoms with Gasteiger partial charge in [-0.25, -0.2) is 4.98 Å². The summed E-state index contributed by atoms with van der Waals surface area (Å²) in [6.45, 7) is 1.44. The molecule has 0 fully saturated rings. The summed E-state index contributed by atoms with van der Waals surface area (Å²) in [7, 11) is 1.66. The van der Waals surface area contributed by atoms with Crippen molar-refractivity contribution in [1.82, 2.24) is 9.55 Å². The van der Waals surface area contributed by atoms with E-state index in [-0.39, 0.29) is 0 Å². The molecule has 5 heteroatoms. The van der Waals surface area contributed by atoms with E-state index in [2.05, 4.69) is 10.6 Å². The Morgan fingerprint density at radius 1 is 0.893 bits per heavy atom. The molecule has 3 aromatic carbocycles. The number of fused-ring (bicyclic) bond motifs is 1. The molecule has 0 amide bonds. The number of aromatic nitrogens is 2. The molecule has 0 saturated carbocycles. The number of rotatable bonds is 7. The monoisotopic (exact) mass is 392 g/mol. The number of aryl methyl sites for hydroxylation is 1. The van der Waals surface area contributed by atoms with E-state index >= 15 is 0 Å². The first-order valence-corrected chi connectivity index (χ1v) is 9.60. The molecule has 4 aromatic rings. The number of imidazole rings is 1. The molecule has 0 saturated heterocycles. The molecular weight excluding hydrogens is 372 g/mol. The topological polar surface area (TPSA) is 36.3 Å². The van der Waals surface area contributed by atoms with Crippen LogP contribution in [0.2, 0.25) is 5.02 Å². The van der Waals surface area contributed by atoms with Crippen molar-refractivity contribution < 1.29 is 9.47 Å². The van der Waals surface area contributed by atoms with Crippen molar-refractivity contribution >= 4 is 22.6 Å². The highest BCUT2D eigenvalue weighted by molar-refractivity contribution is 6.30. The highest BCUT2D eigenvalue weighted by Gasteiger charge is 2.12. The van der Waals surface area contributed by atoms with Gasteiger partial charge >= 0.3 is 0 Å². The van der Waals surface area contributed by atoms with Gasteiger partial charge in [0.05, 0.1) is 24.8 Å². The second-order valence-corrected chi connectivity index (χ2v) is 6.90. The van der Waals surface area contributed by atoms with Crippen molar-refractivity contribution in [3.8, 4) is 22.9 Å². The summed E-state index contributed by atoms with van der Waals surface area (Å²) < 4.78 is 13.3. The number of halogens is 1. The molecule has 1 aromatic heterocycles. The summed E-state index contributed by atoms with van der Waals surface area (Å²) in [6.07, 6.45) is 0.868. The van der Waals surface area contributed by atoms with Crippen molar-refractivity contribution in [2.24, 2.45) is 0 Å². The summed E-state index contributed by atoms with van der Waals surface area (Å²) in [5.41, 5.74) is 3.16. The molecule has 0 unspecified atom stereocenters. The van der Waals surface area contributed by atoms with Crippen molar-refractivity contribution in [2.75, 3.05) is 13.7 Å². The van der Waals surface area contributed by atoms with Gasteiger partial charge in [-0.1, -0.05) is 23.7 Å². The third-order valence-corrected chi connectivity index (χ3v) is 4.86. The molecular formula is C23H21ClN2O2. The van der Waals surface area contributed by atoms with Crippen LogP contribution in [0.5, 0.6) is 11.5 Å². The molecule has 0 aliphatic heterocycles. The van der Waals surface area contributed by atoms with Gasteiger partial charge in [0.15, 0.2) is 0 Å². The minimum absolute atomic E-state index is 0.624. The fourth-order valence-electron chi connectivity index (χ4n) is 3.21. The van der Waals surface area contributed by atoms with Gasteiger partial charge in [-0.3, -0.25) is 0 Å². The summed E-state index contributed by atoms with van der Waals surface area (Å²) in [5, 5.41) is 0.722. The lowest BCUT2D eigenvalue weighted by molar-refractivity contribution is 0.302. The first-order valence-electron chi connectivity index (χ1n) is 9.22. The molecule has 0 radical (unpaired) electrons. The van der Waals surface area contributed by atoms with Crippen LogP contribution in [0, 0.1) is 0 Å². The minimum Gasteiger partial charge on any atom is -0.497 e. The van der Waals surface area contributed by atoms with Crippen LogP contribution in [0.4, 0.5) is 0 Å². The Morgan fingerprint density at radius 3 is 2.36 bits per heavy atom. The van der Waals surface area contributed by atoms with Crippen molar-refractivity contribution in [3.05, 3.63) is 77.8 Å². The molecule has 0 bridgehead atoms. The van der Waals surface area contributed by atoms with Crippen molar-refractivity contribution in [1.29, 1.82) is 0 Å². The maximum atomic E-state index is 6.05. The lowest BCUT2D eigenvalue weighted by Crippen LogP contribution is -2.06. The second kappa shape index (κ2) is 8.36. The van der Waals surface area contributed by atoms with Crippen LogP contribution in [-0.4, -0.2) is 23.3 Å². The van der Waals surface area contributed by atoms with E-state index in [4.69, 9.17) is 26.1 Å². The zero-order valence-corrected chi connectivity index (χ0v) is 16.4. The van der Waals surface area contributed by atoms with Crippen LogP contribution in [0.3, 0.4) is 0 Å². The predicted molar refractivity (Wildman–Crippen MR) is 113 cm³/mol. The Labute approximate surface area is 169 Å². The maximum absolute atomic E-state index is 6.05. The van der Waals surface area contributed by atoms with E-state index in [9.17, 15) is 0 Å². The Hall–Kier alpha value is -2.98. The van der Waals surface area contributed by atoms with Gasteiger partial charge in [-0.2, -0.15) is 0 Å². The molecule has 28 heavy (non-hydrogen) atoms. The highest BCUT2D eigenvalue weighted by atomic mass is 35.5. The molecule has 142 valence electrons. The van der Waals surface area contributed by atoms with Gasteiger partial charge in [0.2, 0.25) is 0 Å². The van der Waals surface area contributed by atoms with Gasteiger partial charge in [0.25, 0.3) is 0 Å². The average Bonchev–Trinajstić information content (AvgIpc) is 3.11. The quantitative estimate of drug-likeness (QED) is 0.371. The molecule has 1 heterocycles. The number of nitrogens with zero attached hydrogens (tertiary/aromatic N) is 2. The zero-order chi connectivity index (χ0) is 19.3. The van der Waals surface area contributed by atoms with E-state index < -0.39 is 0 Å². The zero-order valence-electron chi connectivity index (χ0n) is 15.6. The lowest BCUT2D eigenvalue weighted by atomic mass is 10.2. The smallest absolute Gasteiger partial charge is 0.141 e. The summed E-state index contributed by atoms with van der Waals surface area (Å²) in [6, 6.07) is 23.6. The normalized spacial score (nSPS) is 10.9. The first-order chi connectivity index (χ1) is 13.7. The van der Waals surface area contributed by atoms with Crippen LogP contribution >= 0.6 is 11.6 Å². The highest BCUT2D eigenvalue weighted by Crippen LogP contribution is 2.26. The van der Waals surface area contributed by atoms with Crippen molar-refractivity contribution in [2.45, 2.75) is 13.0 Å². The third kappa shape index (κ3) is 3.97. The van der Waals surface area contributed by atoms with Gasteiger partial charge in [0.1, 0.15) is 17.3 Å². The standard InChI is InChI=1S/C23H21ClN2O2/c1-27-19-11-13-20(14-12-19)28-16-4-15-26-22-6-3-2-5-21(22)25-23(26)17-7-9-18(24)10-8-17/h2-3,5-14H,4,15-16H2,1H3. The Kier molecular flexibility index (Phi) is 5.49. The fourth-order valence-corrected chi connectivity index (χ4v) is 3.33. The molecule has 4 nitrogen and oxygen atoms in total. The number of ether oxygens (including phenoxy) is 2. The van der Waals surface area contributed by atoms with Gasteiger partial charge in [-0.05, 0) is 67.1 Å². The Morgan fingerprint density at radius 2 is 1.61 bits per heavy atom. The molecule has 0 aliphatic rings. The number of hydrogen-bond donors (Lipinski definition) is 0. The summed E-state index contributed by atoms with van der Waals surface area (Å²) in [5.74, 6) is 2.61. The number of benzene rings is 3. The van der Waals surface area contributed by atoms with Crippen LogP contribution in [0.15, 0.2) is 72.8 Å².